The Kier molecular flexibility index (Phi) is 4.80. The SMILES string of the molecule is COc1ccc(CNC(=O)[C@@H](C)n2c3ccccc3c3nc(=O)cc(C)n32)cc1. The number of para-hydroxylation sites is 1. The number of ether oxygens (including phenoxy) is 1. The fourth-order valence-electron chi connectivity index (χ4n) is 3.58. The van der Waals surface area contributed by atoms with Gasteiger partial charge in [-0.1, -0.05) is 24.3 Å². The van der Waals surface area contributed by atoms with Gasteiger partial charge >= 0.3 is 0 Å². The smallest absolute Gasteiger partial charge is 0.273 e. The average molecular weight is 390 g/mol. The molecule has 0 bridgehead atoms. The summed E-state index contributed by atoms with van der Waals surface area (Å²) in [5.41, 5.74) is 2.82. The van der Waals surface area contributed by atoms with Crippen molar-refractivity contribution in [2.24, 2.45) is 0 Å². The summed E-state index contributed by atoms with van der Waals surface area (Å²) in [7, 11) is 1.62. The molecular formula is C22H22N4O3. The maximum Gasteiger partial charge on any atom is 0.273 e. The van der Waals surface area contributed by atoms with Crippen LogP contribution in [0.5, 0.6) is 5.75 Å². The van der Waals surface area contributed by atoms with Crippen LogP contribution in [0.1, 0.15) is 24.2 Å². The van der Waals surface area contributed by atoms with Crippen LogP contribution in [0, 0.1) is 6.92 Å². The van der Waals surface area contributed by atoms with Crippen LogP contribution < -0.4 is 15.6 Å². The van der Waals surface area contributed by atoms with Crippen LogP contribution in [0.3, 0.4) is 0 Å². The number of rotatable bonds is 5. The zero-order chi connectivity index (χ0) is 20.5. The highest BCUT2D eigenvalue weighted by atomic mass is 16.5. The second-order valence-electron chi connectivity index (χ2n) is 6.97. The Morgan fingerprint density at radius 2 is 1.90 bits per heavy atom. The first-order valence-electron chi connectivity index (χ1n) is 9.40. The fourth-order valence-corrected chi connectivity index (χ4v) is 3.58. The molecule has 1 N–H and O–H groups in total. The summed E-state index contributed by atoms with van der Waals surface area (Å²) in [5, 5.41) is 3.82. The van der Waals surface area contributed by atoms with E-state index in [-0.39, 0.29) is 11.5 Å². The maximum atomic E-state index is 13.0. The van der Waals surface area contributed by atoms with Gasteiger partial charge in [0.1, 0.15) is 11.8 Å². The molecule has 7 heteroatoms. The standard InChI is InChI=1S/C22H22N4O3/c1-14-12-20(27)24-21-18-6-4-5-7-19(18)26(25(14)21)15(2)22(28)23-13-16-8-10-17(29-3)11-9-16/h4-12,15H,13H2,1-3H3,(H,23,28)/t15-/m1/s1. The van der Waals surface area contributed by atoms with E-state index in [4.69, 9.17) is 4.74 Å². The fraction of sp³-hybridized carbons (Fsp3) is 0.227. The molecule has 0 unspecified atom stereocenters. The number of aryl methyl sites for hydroxylation is 1. The van der Waals surface area contributed by atoms with E-state index in [0.29, 0.717) is 12.2 Å². The van der Waals surface area contributed by atoms with E-state index in [1.807, 2.05) is 71.6 Å². The van der Waals surface area contributed by atoms with Gasteiger partial charge in [0.15, 0.2) is 5.65 Å². The Bertz CT molecular complexity index is 1260. The quantitative estimate of drug-likeness (QED) is 0.568. The van der Waals surface area contributed by atoms with Gasteiger partial charge < -0.3 is 10.1 Å². The molecule has 0 aliphatic rings. The number of carbonyl (C=O) groups is 1. The number of fused-ring (bicyclic) bond motifs is 3. The number of hydrogen-bond donors (Lipinski definition) is 1. The van der Waals surface area contributed by atoms with E-state index in [1.165, 1.54) is 6.07 Å². The molecule has 2 aromatic carbocycles. The maximum absolute atomic E-state index is 13.0. The molecule has 0 radical (unpaired) electrons. The van der Waals surface area contributed by atoms with Gasteiger partial charge in [-0.25, -0.2) is 4.52 Å². The minimum Gasteiger partial charge on any atom is -0.497 e. The Balaban J connectivity index is 1.69. The molecule has 2 heterocycles. The number of nitrogens with zero attached hydrogens (tertiary/aromatic N) is 3. The number of aromatic nitrogens is 3. The minimum atomic E-state index is -0.501. The van der Waals surface area contributed by atoms with Crippen molar-refractivity contribution in [2.45, 2.75) is 26.4 Å². The summed E-state index contributed by atoms with van der Waals surface area (Å²) >= 11 is 0. The lowest BCUT2D eigenvalue weighted by atomic mass is 10.2. The first-order chi connectivity index (χ1) is 14.0. The first-order valence-corrected chi connectivity index (χ1v) is 9.40. The molecule has 0 aliphatic carbocycles. The highest BCUT2D eigenvalue weighted by molar-refractivity contribution is 5.94. The van der Waals surface area contributed by atoms with Crippen molar-refractivity contribution in [3.63, 3.8) is 0 Å². The van der Waals surface area contributed by atoms with Crippen LogP contribution in [-0.2, 0) is 11.3 Å². The zero-order valence-corrected chi connectivity index (χ0v) is 16.5. The summed E-state index contributed by atoms with van der Waals surface area (Å²) in [6, 6.07) is 16.2. The van der Waals surface area contributed by atoms with Crippen molar-refractivity contribution in [2.75, 3.05) is 7.11 Å². The van der Waals surface area contributed by atoms with Crippen LogP contribution in [0.2, 0.25) is 0 Å². The number of nitrogens with one attached hydrogen (secondary N) is 1. The first kappa shape index (κ1) is 18.7. The van der Waals surface area contributed by atoms with Gasteiger partial charge in [-0.05, 0) is 43.7 Å². The third-order valence-electron chi connectivity index (χ3n) is 5.06. The van der Waals surface area contributed by atoms with Crippen LogP contribution in [0.4, 0.5) is 0 Å². The summed E-state index contributed by atoms with van der Waals surface area (Å²) in [6.45, 7) is 4.09. The van der Waals surface area contributed by atoms with E-state index in [2.05, 4.69) is 10.3 Å². The molecule has 0 aliphatic heterocycles. The van der Waals surface area contributed by atoms with E-state index < -0.39 is 6.04 Å². The van der Waals surface area contributed by atoms with Gasteiger partial charge in [0.05, 0.1) is 12.6 Å². The van der Waals surface area contributed by atoms with E-state index in [9.17, 15) is 9.59 Å². The number of carbonyl (C=O) groups excluding carboxylic acids is 1. The van der Waals surface area contributed by atoms with E-state index in [0.717, 1.165) is 27.9 Å². The van der Waals surface area contributed by atoms with Gasteiger partial charge in [-0.3, -0.25) is 14.3 Å². The number of methoxy groups -OCH3 is 1. The second kappa shape index (κ2) is 7.43. The summed E-state index contributed by atoms with van der Waals surface area (Å²) in [4.78, 5) is 29.1. The van der Waals surface area contributed by atoms with Crippen molar-refractivity contribution in [1.29, 1.82) is 0 Å². The normalized spacial score (nSPS) is 12.2. The third-order valence-corrected chi connectivity index (χ3v) is 5.06. The molecule has 4 rings (SSSR count). The zero-order valence-electron chi connectivity index (χ0n) is 16.5. The molecule has 0 spiro atoms. The Morgan fingerprint density at radius 3 is 2.62 bits per heavy atom. The topological polar surface area (TPSA) is 77.6 Å². The second-order valence-corrected chi connectivity index (χ2v) is 6.97. The molecule has 1 atom stereocenters. The predicted molar refractivity (Wildman–Crippen MR) is 111 cm³/mol. The highest BCUT2D eigenvalue weighted by Gasteiger charge is 2.22. The predicted octanol–water partition coefficient (Wildman–Crippen LogP) is 2.84. The van der Waals surface area contributed by atoms with E-state index >= 15 is 0 Å². The molecule has 0 saturated carbocycles. The molecule has 29 heavy (non-hydrogen) atoms. The Labute approximate surface area is 167 Å². The van der Waals surface area contributed by atoms with E-state index in [1.54, 1.807) is 7.11 Å². The summed E-state index contributed by atoms with van der Waals surface area (Å²) in [6.07, 6.45) is 0. The molecule has 2 aromatic heterocycles. The van der Waals surface area contributed by atoms with Crippen molar-refractivity contribution in [3.05, 3.63) is 76.2 Å². The average Bonchev–Trinajstić information content (AvgIpc) is 3.06. The third kappa shape index (κ3) is 3.35. The lowest BCUT2D eigenvalue weighted by Crippen LogP contribution is -2.32. The largest absolute Gasteiger partial charge is 0.497 e. The van der Waals surface area contributed by atoms with Crippen LogP contribution >= 0.6 is 0 Å². The van der Waals surface area contributed by atoms with Crippen molar-refractivity contribution < 1.29 is 9.53 Å². The lowest BCUT2D eigenvalue weighted by Gasteiger charge is -2.18. The summed E-state index contributed by atoms with van der Waals surface area (Å²) < 4.78 is 8.88. The van der Waals surface area contributed by atoms with Gasteiger partial charge in [0.25, 0.3) is 5.56 Å². The van der Waals surface area contributed by atoms with Gasteiger partial charge in [0.2, 0.25) is 5.91 Å². The van der Waals surface area contributed by atoms with Crippen LogP contribution in [0.15, 0.2) is 59.4 Å². The van der Waals surface area contributed by atoms with Crippen molar-refractivity contribution in [3.8, 4) is 5.75 Å². The van der Waals surface area contributed by atoms with Crippen LogP contribution in [-0.4, -0.2) is 27.2 Å². The van der Waals surface area contributed by atoms with Crippen molar-refractivity contribution in [1.82, 2.24) is 19.5 Å². The Morgan fingerprint density at radius 1 is 1.17 bits per heavy atom. The number of hydrogen-bond acceptors (Lipinski definition) is 4. The molecule has 148 valence electrons. The highest BCUT2D eigenvalue weighted by Crippen LogP contribution is 2.25. The molecule has 0 fully saturated rings. The number of benzene rings is 2. The summed E-state index contributed by atoms with van der Waals surface area (Å²) in [5.74, 6) is 0.650. The number of amides is 1. The van der Waals surface area contributed by atoms with Crippen molar-refractivity contribution >= 4 is 22.5 Å². The van der Waals surface area contributed by atoms with Crippen LogP contribution in [0.25, 0.3) is 16.6 Å². The Hall–Kier alpha value is -3.61. The molecule has 7 nitrogen and oxygen atoms in total. The van der Waals surface area contributed by atoms with Gasteiger partial charge in [0, 0.05) is 23.7 Å². The van der Waals surface area contributed by atoms with Gasteiger partial charge in [-0.2, -0.15) is 4.98 Å². The monoisotopic (exact) mass is 390 g/mol. The molecule has 1 amide bonds. The minimum absolute atomic E-state index is 0.124. The van der Waals surface area contributed by atoms with Gasteiger partial charge in [-0.15, -0.1) is 0 Å². The molecule has 4 aromatic rings. The molecular weight excluding hydrogens is 368 g/mol. The lowest BCUT2D eigenvalue weighted by molar-refractivity contribution is -0.124. The molecule has 0 saturated heterocycles.